The molecule has 0 radical (unpaired) electrons. The Morgan fingerprint density at radius 2 is 2.19 bits per heavy atom. The van der Waals surface area contributed by atoms with Crippen LogP contribution in [0.15, 0.2) is 18.2 Å². The van der Waals surface area contributed by atoms with Crippen molar-refractivity contribution >= 4 is 17.2 Å². The van der Waals surface area contributed by atoms with E-state index in [1.807, 2.05) is 35.4 Å². The maximum atomic E-state index is 10.7. The maximum absolute atomic E-state index is 10.7. The number of nitrogens with zero attached hydrogens (tertiary/aromatic N) is 4. The van der Waals surface area contributed by atoms with Gasteiger partial charge in [0.25, 0.3) is 0 Å². The number of aromatic nitrogens is 3. The summed E-state index contributed by atoms with van der Waals surface area (Å²) in [7, 11) is 0. The van der Waals surface area contributed by atoms with Crippen LogP contribution >= 0.6 is 0 Å². The molecule has 0 bridgehead atoms. The Balaban J connectivity index is 1.86. The van der Waals surface area contributed by atoms with Crippen molar-refractivity contribution in [1.29, 1.82) is 0 Å². The summed E-state index contributed by atoms with van der Waals surface area (Å²) in [4.78, 5) is 17.1. The van der Waals surface area contributed by atoms with Crippen molar-refractivity contribution in [2.24, 2.45) is 0 Å². The molecule has 3 rings (SSSR count). The molecule has 6 nitrogen and oxygen atoms in total. The number of carbonyl (C=O) groups is 1. The summed E-state index contributed by atoms with van der Waals surface area (Å²) in [6.45, 7) is 5.48. The van der Waals surface area contributed by atoms with Crippen LogP contribution < -0.4 is 0 Å². The molecular formula is C15H18N4O2. The molecule has 0 spiro atoms. The van der Waals surface area contributed by atoms with Gasteiger partial charge < -0.3 is 5.11 Å². The minimum atomic E-state index is -0.783. The first kappa shape index (κ1) is 13.8. The Morgan fingerprint density at radius 1 is 1.38 bits per heavy atom. The average molecular weight is 286 g/mol. The van der Waals surface area contributed by atoms with E-state index in [-0.39, 0.29) is 6.54 Å². The quantitative estimate of drug-likeness (QED) is 0.926. The van der Waals surface area contributed by atoms with Crippen LogP contribution in [0.25, 0.3) is 11.2 Å². The highest BCUT2D eigenvalue weighted by Gasteiger charge is 2.17. The summed E-state index contributed by atoms with van der Waals surface area (Å²) in [6, 6.07) is 4.01. The smallest absolute Gasteiger partial charge is 0.317 e. The highest BCUT2D eigenvalue weighted by molar-refractivity contribution is 5.70. The van der Waals surface area contributed by atoms with Gasteiger partial charge in [0.1, 0.15) is 0 Å². The van der Waals surface area contributed by atoms with Crippen LogP contribution in [0.3, 0.4) is 0 Å². The number of fused-ring (bicyclic) bond motifs is 1. The van der Waals surface area contributed by atoms with Gasteiger partial charge in [0.05, 0.1) is 12.2 Å². The standard InChI is InChI=1S/C15H18N4O2/c1-10-7-11(2)19-14(16-10)8-13(17-19)12-3-5-18(6-4-12)9-15(20)21/h3,7-8H,4-6,9H2,1-2H3,(H,20,21). The molecule has 1 aliphatic heterocycles. The van der Waals surface area contributed by atoms with E-state index in [2.05, 4.69) is 16.2 Å². The summed E-state index contributed by atoms with van der Waals surface area (Å²) in [6.07, 6.45) is 2.88. The molecular weight excluding hydrogens is 268 g/mol. The minimum Gasteiger partial charge on any atom is -0.480 e. The Morgan fingerprint density at radius 3 is 2.86 bits per heavy atom. The zero-order valence-corrected chi connectivity index (χ0v) is 12.2. The molecule has 0 aliphatic carbocycles. The van der Waals surface area contributed by atoms with Gasteiger partial charge in [-0.15, -0.1) is 0 Å². The van der Waals surface area contributed by atoms with Crippen molar-refractivity contribution in [1.82, 2.24) is 19.5 Å². The lowest BCUT2D eigenvalue weighted by Gasteiger charge is -2.23. The van der Waals surface area contributed by atoms with E-state index in [4.69, 9.17) is 5.11 Å². The first-order valence-corrected chi connectivity index (χ1v) is 7.00. The molecule has 0 aromatic carbocycles. The highest BCUT2D eigenvalue weighted by Crippen LogP contribution is 2.22. The molecule has 1 aliphatic rings. The number of aryl methyl sites for hydroxylation is 2. The normalized spacial score (nSPS) is 16.2. The van der Waals surface area contributed by atoms with Crippen LogP contribution in [0.4, 0.5) is 0 Å². The van der Waals surface area contributed by atoms with Gasteiger partial charge in [-0.2, -0.15) is 5.10 Å². The molecule has 2 aromatic rings. The molecule has 6 heteroatoms. The lowest BCUT2D eigenvalue weighted by atomic mass is 10.1. The topological polar surface area (TPSA) is 70.7 Å². The van der Waals surface area contributed by atoms with Crippen LogP contribution in [0, 0.1) is 13.8 Å². The number of carboxylic acid groups (broad SMARTS) is 1. The zero-order valence-electron chi connectivity index (χ0n) is 12.2. The summed E-state index contributed by atoms with van der Waals surface area (Å²) < 4.78 is 1.85. The van der Waals surface area contributed by atoms with Crippen LogP contribution in [-0.2, 0) is 4.79 Å². The molecule has 0 fully saturated rings. The van der Waals surface area contributed by atoms with Crippen molar-refractivity contribution in [2.75, 3.05) is 19.6 Å². The van der Waals surface area contributed by atoms with Crippen molar-refractivity contribution < 1.29 is 9.90 Å². The van der Waals surface area contributed by atoms with E-state index in [0.717, 1.165) is 35.7 Å². The first-order valence-electron chi connectivity index (χ1n) is 7.00. The predicted octanol–water partition coefficient (Wildman–Crippen LogP) is 1.52. The number of hydrogen-bond acceptors (Lipinski definition) is 4. The molecule has 3 heterocycles. The molecule has 0 unspecified atom stereocenters. The third-order valence-corrected chi connectivity index (χ3v) is 3.71. The molecule has 0 atom stereocenters. The Labute approximate surface area is 122 Å². The van der Waals surface area contributed by atoms with Gasteiger partial charge in [-0.05, 0) is 31.9 Å². The summed E-state index contributed by atoms with van der Waals surface area (Å²) in [5.41, 5.74) is 5.01. The second-order valence-corrected chi connectivity index (χ2v) is 5.45. The van der Waals surface area contributed by atoms with Crippen molar-refractivity contribution in [2.45, 2.75) is 20.3 Å². The van der Waals surface area contributed by atoms with Crippen LogP contribution in [0.5, 0.6) is 0 Å². The zero-order chi connectivity index (χ0) is 15.0. The molecule has 1 N–H and O–H groups in total. The molecule has 0 saturated heterocycles. The Kier molecular flexibility index (Phi) is 3.47. The van der Waals surface area contributed by atoms with Crippen LogP contribution in [0.2, 0.25) is 0 Å². The van der Waals surface area contributed by atoms with Crippen LogP contribution in [0.1, 0.15) is 23.5 Å². The third kappa shape index (κ3) is 2.80. The highest BCUT2D eigenvalue weighted by atomic mass is 16.4. The number of hydrogen-bond donors (Lipinski definition) is 1. The monoisotopic (exact) mass is 286 g/mol. The van der Waals surface area contributed by atoms with Gasteiger partial charge in [-0.3, -0.25) is 9.69 Å². The van der Waals surface area contributed by atoms with Crippen molar-refractivity contribution in [3.05, 3.63) is 35.3 Å². The first-order chi connectivity index (χ1) is 10.0. The lowest BCUT2D eigenvalue weighted by Crippen LogP contribution is -2.33. The number of rotatable bonds is 3. The van der Waals surface area contributed by atoms with E-state index >= 15 is 0 Å². The van der Waals surface area contributed by atoms with Gasteiger partial charge in [-0.25, -0.2) is 9.50 Å². The molecule has 110 valence electrons. The lowest BCUT2D eigenvalue weighted by molar-refractivity contribution is -0.138. The van der Waals surface area contributed by atoms with Gasteiger partial charge in [-0.1, -0.05) is 6.08 Å². The van der Waals surface area contributed by atoms with Crippen LogP contribution in [-0.4, -0.2) is 50.2 Å². The second kappa shape index (κ2) is 5.29. The molecule has 2 aromatic heterocycles. The number of carboxylic acids is 1. The summed E-state index contributed by atoms with van der Waals surface area (Å²) >= 11 is 0. The molecule has 0 saturated carbocycles. The minimum absolute atomic E-state index is 0.0921. The van der Waals surface area contributed by atoms with Gasteiger partial charge in [0.15, 0.2) is 5.65 Å². The van der Waals surface area contributed by atoms with E-state index in [9.17, 15) is 4.79 Å². The van der Waals surface area contributed by atoms with Crippen molar-refractivity contribution in [3.8, 4) is 0 Å². The van der Waals surface area contributed by atoms with Gasteiger partial charge in [0, 0.05) is 30.5 Å². The van der Waals surface area contributed by atoms with E-state index in [1.54, 1.807) is 0 Å². The fourth-order valence-corrected chi connectivity index (χ4v) is 2.72. The fourth-order valence-electron chi connectivity index (χ4n) is 2.72. The van der Waals surface area contributed by atoms with Crippen molar-refractivity contribution in [3.63, 3.8) is 0 Å². The summed E-state index contributed by atoms with van der Waals surface area (Å²) in [5, 5.41) is 13.4. The van der Waals surface area contributed by atoms with E-state index in [0.29, 0.717) is 6.54 Å². The molecule has 21 heavy (non-hydrogen) atoms. The van der Waals surface area contributed by atoms with E-state index < -0.39 is 5.97 Å². The fraction of sp³-hybridized carbons (Fsp3) is 0.400. The number of aliphatic carboxylic acids is 1. The third-order valence-electron chi connectivity index (χ3n) is 3.71. The largest absolute Gasteiger partial charge is 0.480 e. The SMILES string of the molecule is Cc1cc(C)n2nc(C3=CCN(CC(=O)O)CC3)cc2n1. The van der Waals surface area contributed by atoms with E-state index in [1.165, 1.54) is 5.57 Å². The van der Waals surface area contributed by atoms with Gasteiger partial charge >= 0.3 is 5.97 Å². The second-order valence-electron chi connectivity index (χ2n) is 5.45. The average Bonchev–Trinajstić information content (AvgIpc) is 2.83. The molecule has 0 amide bonds. The van der Waals surface area contributed by atoms with Gasteiger partial charge in [0.2, 0.25) is 0 Å². The Bertz CT molecular complexity index is 733. The maximum Gasteiger partial charge on any atom is 0.317 e. The summed E-state index contributed by atoms with van der Waals surface area (Å²) in [5.74, 6) is -0.783. The Hall–Kier alpha value is -2.21. The predicted molar refractivity (Wildman–Crippen MR) is 79.1 cm³/mol.